The molecule has 0 heterocycles. The van der Waals surface area contributed by atoms with Crippen LogP contribution in [0.3, 0.4) is 0 Å². The van der Waals surface area contributed by atoms with E-state index in [4.69, 9.17) is 0 Å². The Labute approximate surface area is 82.3 Å². The number of hydrogen-bond acceptors (Lipinski definition) is 0. The van der Waals surface area contributed by atoms with Crippen LogP contribution in [0.2, 0.25) is 0 Å². The van der Waals surface area contributed by atoms with Crippen LogP contribution in [0.5, 0.6) is 0 Å². The molecule has 1 fully saturated rings. The topological polar surface area (TPSA) is 0 Å². The van der Waals surface area contributed by atoms with Gasteiger partial charge < -0.3 is 0 Å². The highest BCUT2D eigenvalue weighted by molar-refractivity contribution is 5.63. The molecule has 0 saturated heterocycles. The van der Waals surface area contributed by atoms with Crippen molar-refractivity contribution in [2.45, 2.75) is 25.7 Å². The van der Waals surface area contributed by atoms with Crippen molar-refractivity contribution in [2.75, 3.05) is 0 Å². The molecule has 1 saturated carbocycles. The van der Waals surface area contributed by atoms with Gasteiger partial charge in [-0.05, 0) is 42.9 Å². The molecule has 1 aliphatic rings. The molecule has 0 unspecified atom stereocenters. The van der Waals surface area contributed by atoms with Gasteiger partial charge in [-0.1, -0.05) is 12.6 Å². The largest absolute Gasteiger partial charge is 0.206 e. The molecule has 1 aromatic carbocycles. The molecule has 0 spiro atoms. The van der Waals surface area contributed by atoms with Crippen molar-refractivity contribution < 1.29 is 8.78 Å². The lowest BCUT2D eigenvalue weighted by molar-refractivity contribution is 0.566. The lowest BCUT2D eigenvalue weighted by Gasteiger charge is -2.08. The highest BCUT2D eigenvalue weighted by atomic mass is 19.1. The molecule has 14 heavy (non-hydrogen) atoms. The molecule has 0 radical (unpaired) electrons. The van der Waals surface area contributed by atoms with Crippen molar-refractivity contribution in [3.8, 4) is 0 Å². The fraction of sp³-hybridized carbons (Fsp3) is 0.333. The zero-order valence-corrected chi connectivity index (χ0v) is 8.11. The summed E-state index contributed by atoms with van der Waals surface area (Å²) in [5.41, 5.74) is 1.14. The summed E-state index contributed by atoms with van der Waals surface area (Å²) in [7, 11) is 0. The Bertz CT molecular complexity index is 390. The zero-order chi connectivity index (χ0) is 10.3. The Morgan fingerprint density at radius 1 is 1.36 bits per heavy atom. The van der Waals surface area contributed by atoms with Crippen LogP contribution in [0.4, 0.5) is 8.78 Å². The molecule has 2 rings (SSSR count). The van der Waals surface area contributed by atoms with Crippen LogP contribution in [0.15, 0.2) is 18.7 Å². The van der Waals surface area contributed by atoms with Crippen molar-refractivity contribution in [1.82, 2.24) is 0 Å². The van der Waals surface area contributed by atoms with Crippen LogP contribution in [0, 0.1) is 11.6 Å². The molecule has 2 heteroatoms. The lowest BCUT2D eigenvalue weighted by atomic mass is 10.0. The molecule has 0 atom stereocenters. The average Bonchev–Trinajstić information content (AvgIpc) is 2.86. The second kappa shape index (κ2) is 3.19. The quantitative estimate of drug-likeness (QED) is 0.670. The first kappa shape index (κ1) is 9.38. The van der Waals surface area contributed by atoms with E-state index in [1.165, 1.54) is 6.07 Å². The Morgan fingerprint density at radius 2 is 2.00 bits per heavy atom. The molecule has 1 aliphatic carbocycles. The van der Waals surface area contributed by atoms with Crippen LogP contribution in [0.1, 0.15) is 36.8 Å². The molecule has 0 bridgehead atoms. The number of rotatable bonds is 2. The van der Waals surface area contributed by atoms with Gasteiger partial charge in [0.15, 0.2) is 0 Å². The van der Waals surface area contributed by atoms with Gasteiger partial charge in [-0.3, -0.25) is 0 Å². The van der Waals surface area contributed by atoms with E-state index in [0.717, 1.165) is 12.8 Å². The fourth-order valence-electron chi connectivity index (χ4n) is 1.67. The van der Waals surface area contributed by atoms with Gasteiger partial charge >= 0.3 is 0 Å². The number of halogens is 2. The summed E-state index contributed by atoms with van der Waals surface area (Å²) in [5, 5.41) is 0. The summed E-state index contributed by atoms with van der Waals surface area (Å²) in [6.07, 6.45) is 2.02. The fourth-order valence-corrected chi connectivity index (χ4v) is 1.67. The molecular formula is C12H12F2. The molecule has 0 nitrogen and oxygen atoms in total. The van der Waals surface area contributed by atoms with E-state index in [9.17, 15) is 8.78 Å². The monoisotopic (exact) mass is 194 g/mol. The predicted molar refractivity (Wildman–Crippen MR) is 53.0 cm³/mol. The summed E-state index contributed by atoms with van der Waals surface area (Å²) < 4.78 is 27.0. The molecule has 74 valence electrons. The third-order valence-corrected chi connectivity index (χ3v) is 2.56. The second-order valence-electron chi connectivity index (χ2n) is 3.88. The van der Waals surface area contributed by atoms with E-state index in [0.29, 0.717) is 17.1 Å². The van der Waals surface area contributed by atoms with Crippen LogP contribution < -0.4 is 0 Å². The van der Waals surface area contributed by atoms with Gasteiger partial charge in [0.1, 0.15) is 11.6 Å². The first-order chi connectivity index (χ1) is 6.61. The maximum Gasteiger partial charge on any atom is 0.137 e. The first-order valence-electron chi connectivity index (χ1n) is 4.75. The number of benzene rings is 1. The van der Waals surface area contributed by atoms with Gasteiger partial charge in [-0.25, -0.2) is 8.78 Å². The van der Waals surface area contributed by atoms with Gasteiger partial charge in [-0.2, -0.15) is 0 Å². The van der Waals surface area contributed by atoms with Crippen LogP contribution in [0.25, 0.3) is 5.57 Å². The van der Waals surface area contributed by atoms with Crippen LogP contribution in [-0.2, 0) is 0 Å². The normalized spacial score (nSPS) is 15.6. The van der Waals surface area contributed by atoms with E-state index in [1.807, 2.05) is 0 Å². The third kappa shape index (κ3) is 1.45. The van der Waals surface area contributed by atoms with E-state index in [-0.39, 0.29) is 5.56 Å². The first-order valence-corrected chi connectivity index (χ1v) is 4.75. The molecule has 0 amide bonds. The smallest absolute Gasteiger partial charge is 0.137 e. The van der Waals surface area contributed by atoms with E-state index >= 15 is 0 Å². The summed E-state index contributed by atoms with van der Waals surface area (Å²) in [4.78, 5) is 0. The van der Waals surface area contributed by atoms with Gasteiger partial charge in [-0.15, -0.1) is 0 Å². The number of allylic oxidation sites excluding steroid dienone is 1. The van der Waals surface area contributed by atoms with Gasteiger partial charge in [0.2, 0.25) is 0 Å². The van der Waals surface area contributed by atoms with Gasteiger partial charge in [0.05, 0.1) is 0 Å². The SMILES string of the molecule is C=C(C)c1c(F)ccc(C2CC2)c1F. The van der Waals surface area contributed by atoms with Crippen molar-refractivity contribution in [1.29, 1.82) is 0 Å². The Kier molecular flexibility index (Phi) is 2.14. The van der Waals surface area contributed by atoms with E-state index < -0.39 is 11.6 Å². The van der Waals surface area contributed by atoms with E-state index in [2.05, 4.69) is 6.58 Å². The minimum atomic E-state index is -0.514. The maximum absolute atomic E-state index is 13.8. The van der Waals surface area contributed by atoms with E-state index in [1.54, 1.807) is 13.0 Å². The minimum Gasteiger partial charge on any atom is -0.206 e. The lowest BCUT2D eigenvalue weighted by Crippen LogP contribution is -1.97. The van der Waals surface area contributed by atoms with Crippen molar-refractivity contribution >= 4 is 5.57 Å². The molecule has 1 aromatic rings. The van der Waals surface area contributed by atoms with Crippen LogP contribution >= 0.6 is 0 Å². The molecule has 0 N–H and O–H groups in total. The Hall–Kier alpha value is -1.18. The van der Waals surface area contributed by atoms with Gasteiger partial charge in [0, 0.05) is 5.56 Å². The zero-order valence-electron chi connectivity index (χ0n) is 8.11. The summed E-state index contributed by atoms with van der Waals surface area (Å²) in [6, 6.07) is 2.88. The Balaban J connectivity index is 2.55. The summed E-state index contributed by atoms with van der Waals surface area (Å²) >= 11 is 0. The van der Waals surface area contributed by atoms with Crippen molar-refractivity contribution in [2.24, 2.45) is 0 Å². The van der Waals surface area contributed by atoms with Crippen molar-refractivity contribution in [3.05, 3.63) is 41.5 Å². The standard InChI is InChI=1S/C12H12F2/c1-7(2)11-10(13)6-5-9(12(11)14)8-3-4-8/h5-6,8H,1,3-4H2,2H3. The predicted octanol–water partition coefficient (Wildman–Crippen LogP) is 3.88. The minimum absolute atomic E-state index is 0.0504. The number of hydrogen-bond donors (Lipinski definition) is 0. The van der Waals surface area contributed by atoms with Gasteiger partial charge in [0.25, 0.3) is 0 Å². The highest BCUT2D eigenvalue weighted by Gasteiger charge is 2.28. The summed E-state index contributed by atoms with van der Waals surface area (Å²) in [5.74, 6) is -0.631. The Morgan fingerprint density at radius 3 is 2.50 bits per heavy atom. The second-order valence-corrected chi connectivity index (χ2v) is 3.88. The van der Waals surface area contributed by atoms with Crippen LogP contribution in [-0.4, -0.2) is 0 Å². The molecule has 0 aliphatic heterocycles. The molecular weight excluding hydrogens is 182 g/mol. The third-order valence-electron chi connectivity index (χ3n) is 2.56. The molecule has 0 aromatic heterocycles. The van der Waals surface area contributed by atoms with Crippen molar-refractivity contribution in [3.63, 3.8) is 0 Å². The average molecular weight is 194 g/mol. The highest BCUT2D eigenvalue weighted by Crippen LogP contribution is 2.42. The summed E-state index contributed by atoms with van der Waals surface area (Å²) in [6.45, 7) is 5.21. The maximum atomic E-state index is 13.8.